The number of aliphatic hydroxyl groups excluding tert-OH is 7. The first-order chi connectivity index (χ1) is 32.8. The van der Waals surface area contributed by atoms with Gasteiger partial charge in [0.1, 0.15) is 55.4 Å². The summed E-state index contributed by atoms with van der Waals surface area (Å²) in [5.74, 6) is -0.138. The minimum atomic E-state index is -1.80. The van der Waals surface area contributed by atoms with Crippen molar-refractivity contribution in [2.24, 2.45) is 23.7 Å². The van der Waals surface area contributed by atoms with Crippen molar-refractivity contribution in [3.05, 3.63) is 48.6 Å². The van der Waals surface area contributed by atoms with E-state index in [0.29, 0.717) is 12.8 Å². The van der Waals surface area contributed by atoms with Gasteiger partial charge >= 0.3 is 11.9 Å². The summed E-state index contributed by atoms with van der Waals surface area (Å²) < 4.78 is 33.5. The molecular weight excluding hydrogens is 885 g/mol. The lowest BCUT2D eigenvalue weighted by atomic mass is 9.87. The lowest BCUT2D eigenvalue weighted by molar-refractivity contribution is -0.332. The van der Waals surface area contributed by atoms with Gasteiger partial charge in [-0.15, -0.1) is 0 Å². The van der Waals surface area contributed by atoms with Gasteiger partial charge in [-0.25, -0.2) is 0 Å². The van der Waals surface area contributed by atoms with E-state index in [1.54, 1.807) is 12.2 Å². The molecule has 2 aliphatic carbocycles. The zero-order valence-corrected chi connectivity index (χ0v) is 40.0. The number of carbonyl (C=O) groups excluding carboxylic acids is 4. The molecule has 0 aromatic rings. The third kappa shape index (κ3) is 18.5. The molecule has 0 aromatic carbocycles. The number of hydrogen-bond donors (Lipinski definition) is 7. The van der Waals surface area contributed by atoms with Crippen LogP contribution in [0.5, 0.6) is 0 Å². The van der Waals surface area contributed by atoms with Crippen LogP contribution in [0.1, 0.15) is 129 Å². The molecular formula is C51H80O17. The predicted octanol–water partition coefficient (Wildman–Crippen LogP) is 4.00. The van der Waals surface area contributed by atoms with Crippen molar-refractivity contribution in [1.82, 2.24) is 0 Å². The topological polar surface area (TPSA) is 265 Å². The van der Waals surface area contributed by atoms with Gasteiger partial charge in [0.25, 0.3) is 0 Å². The second-order valence-electron chi connectivity index (χ2n) is 18.6. The van der Waals surface area contributed by atoms with E-state index < -0.39 is 99.3 Å². The van der Waals surface area contributed by atoms with Gasteiger partial charge in [0, 0.05) is 24.7 Å². The molecule has 0 unspecified atom stereocenters. The van der Waals surface area contributed by atoms with E-state index in [1.165, 1.54) is 0 Å². The monoisotopic (exact) mass is 965 g/mol. The fourth-order valence-corrected chi connectivity index (χ4v) is 9.14. The van der Waals surface area contributed by atoms with Crippen LogP contribution in [0.3, 0.4) is 0 Å². The molecule has 0 bridgehead atoms. The number of unbranched alkanes of at least 4 members (excludes halogenated alkanes) is 8. The highest BCUT2D eigenvalue weighted by molar-refractivity contribution is 5.95. The summed E-state index contributed by atoms with van der Waals surface area (Å²) in [6.07, 6.45) is 12.4. The van der Waals surface area contributed by atoms with Crippen molar-refractivity contribution in [1.29, 1.82) is 0 Å². The third-order valence-corrected chi connectivity index (χ3v) is 13.3. The number of carbonyl (C=O) groups is 4. The molecule has 4 rings (SSSR count). The molecule has 68 heavy (non-hydrogen) atoms. The summed E-state index contributed by atoms with van der Waals surface area (Å²) in [6, 6.07) is 0. The smallest absolute Gasteiger partial charge is 0.306 e. The number of ketones is 2. The van der Waals surface area contributed by atoms with Gasteiger partial charge in [0.15, 0.2) is 30.3 Å². The van der Waals surface area contributed by atoms with Gasteiger partial charge in [-0.2, -0.15) is 0 Å². The van der Waals surface area contributed by atoms with Crippen LogP contribution in [0.25, 0.3) is 0 Å². The van der Waals surface area contributed by atoms with Crippen LogP contribution in [0.15, 0.2) is 48.6 Å². The Balaban J connectivity index is 1.23. The van der Waals surface area contributed by atoms with Crippen molar-refractivity contribution in [2.45, 2.75) is 197 Å². The molecule has 4 aliphatic rings. The average molecular weight is 965 g/mol. The number of aliphatic hydroxyl groups is 7. The Bertz CT molecular complexity index is 1630. The number of allylic oxidation sites excluding steroid dienone is 8. The Kier molecular flexibility index (Phi) is 26.3. The molecule has 0 aromatic heterocycles. The molecule has 2 heterocycles. The third-order valence-electron chi connectivity index (χ3n) is 13.3. The Labute approximate surface area is 401 Å². The van der Waals surface area contributed by atoms with Gasteiger partial charge < -0.3 is 64.2 Å². The standard InChI is InChI=1S/C51H80O17/c1-3-5-13-21-36-33(25-27-38(36)53)19-15-9-7-11-17-23-42(55)63-30-35(66-43(56)24-18-12-8-10-16-20-34-26-28-39(54)37(34)22-14-6-4-2)31-64-50-49(62)47(60)45(58)41(68-50)32-65-51-48(61)46(59)44(57)40(29-52)67-51/h5-6,13-14,25-28,33-37,40-41,44-52,57-62H,3-4,7-12,15-24,29-32H2,1-2H3/b13-5-,14-6-/t33-,34+,35-,36+,37-,40-,41-,44+,45+,46+,47+,48-,49-,50-,51+/m1/s1. The van der Waals surface area contributed by atoms with Crippen molar-refractivity contribution in [3.63, 3.8) is 0 Å². The second kappa shape index (κ2) is 31.2. The molecule has 7 N–H and O–H groups in total. The van der Waals surface area contributed by atoms with Gasteiger partial charge in [-0.1, -0.05) is 102 Å². The van der Waals surface area contributed by atoms with Crippen LogP contribution >= 0.6 is 0 Å². The minimum Gasteiger partial charge on any atom is -0.462 e. The molecule has 0 amide bonds. The lowest BCUT2D eigenvalue weighted by Gasteiger charge is -2.42. The maximum atomic E-state index is 13.1. The zero-order chi connectivity index (χ0) is 49.4. The van der Waals surface area contributed by atoms with Gasteiger partial charge in [0.05, 0.1) is 19.8 Å². The van der Waals surface area contributed by atoms with Gasteiger partial charge in [0.2, 0.25) is 0 Å². The van der Waals surface area contributed by atoms with E-state index in [9.17, 15) is 54.9 Å². The highest BCUT2D eigenvalue weighted by Crippen LogP contribution is 2.32. The summed E-state index contributed by atoms with van der Waals surface area (Å²) in [7, 11) is 0. The summed E-state index contributed by atoms with van der Waals surface area (Å²) in [5.41, 5.74) is 0. The summed E-state index contributed by atoms with van der Waals surface area (Å²) in [5, 5.41) is 72.2. The SMILES string of the molecule is CC/C=C\C[C@@H]1C(=O)C=C[C@H]1CCCCCCCC(=O)OC[C@H](CO[C@@H]1O[C@H](CO[C@H]2O[C@H](CO)[C@H](O)[C@H](O)[C@H]2O)[C@H](O)[C@H](O)[C@H]1O)OC(=O)CCCCCCC[C@H]1C=CC(=O)[C@@H]1C/C=C\CC. The Morgan fingerprint density at radius 1 is 0.588 bits per heavy atom. The predicted molar refractivity (Wildman–Crippen MR) is 248 cm³/mol. The molecule has 0 radical (unpaired) electrons. The van der Waals surface area contributed by atoms with E-state index in [-0.39, 0.29) is 54.7 Å². The normalized spacial score (nSPS) is 32.2. The van der Waals surface area contributed by atoms with Crippen molar-refractivity contribution in [2.75, 3.05) is 26.4 Å². The van der Waals surface area contributed by atoms with E-state index in [2.05, 4.69) is 38.2 Å². The van der Waals surface area contributed by atoms with E-state index in [1.807, 2.05) is 12.2 Å². The number of ether oxygens (including phenoxy) is 6. The van der Waals surface area contributed by atoms with Crippen LogP contribution in [-0.4, -0.2) is 153 Å². The van der Waals surface area contributed by atoms with Crippen LogP contribution in [0.4, 0.5) is 0 Å². The fourth-order valence-electron chi connectivity index (χ4n) is 9.14. The van der Waals surface area contributed by atoms with E-state index in [4.69, 9.17) is 28.4 Å². The fraction of sp³-hybridized carbons (Fsp3) is 0.765. The van der Waals surface area contributed by atoms with Crippen molar-refractivity contribution < 1.29 is 83.3 Å². The van der Waals surface area contributed by atoms with Crippen molar-refractivity contribution >= 4 is 23.5 Å². The molecule has 2 saturated heterocycles. The number of hydrogen-bond acceptors (Lipinski definition) is 17. The minimum absolute atomic E-state index is 0.00956. The molecule has 17 nitrogen and oxygen atoms in total. The summed E-state index contributed by atoms with van der Waals surface area (Å²) >= 11 is 0. The van der Waals surface area contributed by atoms with Gasteiger partial charge in [-0.3, -0.25) is 19.2 Å². The number of esters is 2. The first kappa shape index (κ1) is 57.4. The quantitative estimate of drug-likeness (QED) is 0.0285. The van der Waals surface area contributed by atoms with Crippen LogP contribution in [0, 0.1) is 23.7 Å². The Morgan fingerprint density at radius 3 is 1.59 bits per heavy atom. The van der Waals surface area contributed by atoms with Gasteiger partial charge in [-0.05, 0) is 75.4 Å². The zero-order valence-electron chi connectivity index (χ0n) is 40.0. The molecule has 386 valence electrons. The lowest BCUT2D eigenvalue weighted by Crippen LogP contribution is -2.61. The Morgan fingerprint density at radius 2 is 1.06 bits per heavy atom. The molecule has 2 fully saturated rings. The van der Waals surface area contributed by atoms with Crippen LogP contribution in [0.2, 0.25) is 0 Å². The largest absolute Gasteiger partial charge is 0.462 e. The highest BCUT2D eigenvalue weighted by atomic mass is 16.7. The number of rotatable bonds is 32. The summed E-state index contributed by atoms with van der Waals surface area (Å²) in [6.45, 7) is 2.08. The first-order valence-electron chi connectivity index (χ1n) is 25.1. The first-order valence-corrected chi connectivity index (χ1v) is 25.1. The molecule has 0 saturated carbocycles. The maximum absolute atomic E-state index is 13.1. The highest BCUT2D eigenvalue weighted by Gasteiger charge is 2.48. The second-order valence-corrected chi connectivity index (χ2v) is 18.6. The van der Waals surface area contributed by atoms with Crippen molar-refractivity contribution in [3.8, 4) is 0 Å². The molecule has 15 atom stereocenters. The maximum Gasteiger partial charge on any atom is 0.306 e. The van der Waals surface area contributed by atoms with Crippen LogP contribution < -0.4 is 0 Å². The van der Waals surface area contributed by atoms with Crippen LogP contribution in [-0.2, 0) is 47.6 Å². The molecule has 0 spiro atoms. The molecule has 2 aliphatic heterocycles. The van der Waals surface area contributed by atoms with E-state index >= 15 is 0 Å². The average Bonchev–Trinajstić information content (AvgIpc) is 3.87. The Hall–Kier alpha value is -3.20. The molecule has 17 heteroatoms. The van der Waals surface area contributed by atoms with E-state index in [0.717, 1.165) is 89.9 Å². The summed E-state index contributed by atoms with van der Waals surface area (Å²) in [4.78, 5) is 50.6.